The highest BCUT2D eigenvalue weighted by Crippen LogP contribution is 2.48. The van der Waals surface area contributed by atoms with E-state index in [0.717, 1.165) is 62.5 Å². The van der Waals surface area contributed by atoms with Crippen LogP contribution in [0.25, 0.3) is 32.9 Å². The van der Waals surface area contributed by atoms with Crippen molar-refractivity contribution in [2.75, 3.05) is 63.4 Å². The maximum absolute atomic E-state index is 15.4. The van der Waals surface area contributed by atoms with E-state index in [2.05, 4.69) is 22.8 Å². The number of carbonyl (C=O) groups excluding carboxylic acids is 4. The molecule has 0 unspecified atom stereocenters. The molecule has 4 fully saturated rings. The van der Waals surface area contributed by atoms with Crippen molar-refractivity contribution in [3.8, 4) is 57.8 Å². The number of fused-ring (bicyclic) bond motifs is 2. The van der Waals surface area contributed by atoms with Crippen molar-refractivity contribution in [3.63, 3.8) is 0 Å². The lowest BCUT2D eigenvalue weighted by Crippen LogP contribution is -2.39. The molecule has 0 atom stereocenters. The molecule has 6 aromatic carbocycles. The first-order valence-electron chi connectivity index (χ1n) is 36.7. The molecule has 12 rings (SSSR count). The van der Waals surface area contributed by atoms with Gasteiger partial charge < -0.3 is 58.0 Å². The molecule has 22 heteroatoms. The zero-order valence-electron chi connectivity index (χ0n) is 60.5. The Bertz CT molecular complexity index is 4790. The first kappa shape index (κ1) is 74.7. The van der Waals surface area contributed by atoms with Crippen LogP contribution in [-0.4, -0.2) is 98.6 Å². The summed E-state index contributed by atoms with van der Waals surface area (Å²) >= 11 is 14.6. The fourth-order valence-corrected chi connectivity index (χ4v) is 16.4. The van der Waals surface area contributed by atoms with Gasteiger partial charge in [-0.3, -0.25) is 28.8 Å². The molecule has 0 spiro atoms. The number of pyridine rings is 2. The van der Waals surface area contributed by atoms with E-state index in [0.29, 0.717) is 113 Å². The quantitative estimate of drug-likeness (QED) is 0.0479. The van der Waals surface area contributed by atoms with E-state index in [1.54, 1.807) is 108 Å². The molecule has 4 aliphatic carbocycles. The number of methoxy groups -OCH3 is 2. The number of anilines is 2. The van der Waals surface area contributed by atoms with Gasteiger partial charge in [-0.2, -0.15) is 10.5 Å². The smallest absolute Gasteiger partial charge is 0.267 e. The van der Waals surface area contributed by atoms with Crippen molar-refractivity contribution < 1.29 is 47.6 Å². The first-order chi connectivity index (χ1) is 50.9. The molecule has 2 N–H and O–H groups in total. The fourth-order valence-electron chi connectivity index (χ4n) is 15.8. The second kappa shape index (κ2) is 33.0. The maximum atomic E-state index is 15.4. The minimum atomic E-state index is -0.814. The second-order valence-electron chi connectivity index (χ2n) is 27.9. The number of halogens is 2. The highest BCUT2D eigenvalue weighted by Gasteiger charge is 2.42. The normalized spacial score (nSPS) is 18.9. The number of rotatable bonds is 26. The van der Waals surface area contributed by atoms with Gasteiger partial charge in [0.05, 0.1) is 94.4 Å². The highest BCUT2D eigenvalue weighted by atomic mass is 35.5. The third-order valence-corrected chi connectivity index (χ3v) is 22.6. The van der Waals surface area contributed by atoms with Crippen LogP contribution in [0.2, 0.25) is 10.0 Å². The molecule has 2 heterocycles. The van der Waals surface area contributed by atoms with E-state index in [1.165, 1.54) is 18.9 Å². The third kappa shape index (κ3) is 15.3. The van der Waals surface area contributed by atoms with E-state index >= 15 is 9.59 Å². The topological polar surface area (TPSA) is 246 Å². The average Bonchev–Trinajstić information content (AvgIpc) is 0.830. The van der Waals surface area contributed by atoms with Gasteiger partial charge in [0.15, 0.2) is 23.0 Å². The van der Waals surface area contributed by atoms with E-state index in [-0.39, 0.29) is 120 Å². The molecule has 0 radical (unpaired) electrons. The number of benzene rings is 6. The second-order valence-corrected chi connectivity index (χ2v) is 28.7. The number of hydrogen-bond donors (Lipinski definition) is 2. The van der Waals surface area contributed by atoms with Crippen LogP contribution in [0.15, 0.2) is 131 Å². The molecule has 8 aromatic rings. The number of carbonyl (C=O) groups is 4. The highest BCUT2D eigenvalue weighted by molar-refractivity contribution is 6.39. The number of nitrogens with one attached hydrogen (secondary N) is 2. The van der Waals surface area contributed by atoms with Gasteiger partial charge in [0.1, 0.15) is 29.2 Å². The average molecular weight is 1460 g/mol. The van der Waals surface area contributed by atoms with Crippen molar-refractivity contribution in [1.82, 2.24) is 19.8 Å². The molecule has 4 saturated carbocycles. The van der Waals surface area contributed by atoms with Crippen LogP contribution in [0.5, 0.6) is 34.5 Å². The van der Waals surface area contributed by atoms with Crippen LogP contribution >= 0.6 is 23.2 Å². The van der Waals surface area contributed by atoms with Gasteiger partial charge in [-0.15, -0.1) is 0 Å². The number of aryl methyl sites for hydroxylation is 2. The Labute approximate surface area is 622 Å². The Morgan fingerprint density at radius 2 is 1.02 bits per heavy atom. The monoisotopic (exact) mass is 1460 g/mol. The van der Waals surface area contributed by atoms with Crippen LogP contribution in [0.1, 0.15) is 155 Å². The number of para-hydroxylation sites is 1. The molecule has 4 amide bonds. The Morgan fingerprint density at radius 3 is 1.53 bits per heavy atom. The lowest BCUT2D eigenvalue weighted by Gasteiger charge is -2.35. The van der Waals surface area contributed by atoms with Gasteiger partial charge in [-0.25, -0.2) is 0 Å². The van der Waals surface area contributed by atoms with Gasteiger partial charge in [0.25, 0.3) is 22.9 Å². The SMILES string of the molecule is CCN(C(=O)c1c(OCCNC(=O)[C@H]2CC[C@](C#N)(c3ccc(OC)c(OC4CCCC4)c3)CC2)c2c(Cl)cccc2n(C)c1=O)c1cccc(-c2ccc3c(c2Cl)c(OCCCNC(=O)[C@H]2CC[C@](C#N)(c4ccc(OC)c(OC5CCCC5)c4)CC2)c(C(=O)N(CC)c2ccccc2)c(=O)n3C)c1. The lowest BCUT2D eigenvalue weighted by molar-refractivity contribution is -0.127. The fraction of sp³-hybridized carbons (Fsp3) is 0.422. The standard InChI is InChI=1S/C83H90Cl2N8O12/c1-7-92(57-20-10-9-11-21-57)80(98)72-75(102-45-18-43-88-76(94)52-35-39-82(50-86,40-36-52)55-29-33-65(100-5)67(48-55)104-59-23-12-13-24-59)70-64(91(4)79(72)97)32-31-61(73(70)85)54-19-16-22-58(47-54)93(8-2)81(99)71-74(69-62(84)27-17-28-63(69)90(3)78(71)96)103-46-44-89-77(95)53-37-41-83(51-87,42-38-53)56-30-34-66(101-6)68(49-56)105-60-25-14-15-26-60/h9-11,16-17,19-22,27-34,47-49,52-53,59-60H,7-8,12-15,18,23-26,35-46H2,1-6H3,(H,88,94)(H,89,95)/t52-,53-,82-,83-. The summed E-state index contributed by atoms with van der Waals surface area (Å²) in [6.07, 6.45) is 12.6. The molecule has 548 valence electrons. The molecule has 0 bridgehead atoms. The number of aromatic nitrogens is 2. The van der Waals surface area contributed by atoms with Crippen molar-refractivity contribution in [2.24, 2.45) is 25.9 Å². The minimum absolute atomic E-state index is 0.0247. The van der Waals surface area contributed by atoms with Crippen molar-refractivity contribution >= 4 is 80.0 Å². The molecular weight excluding hydrogens is 1370 g/mol. The summed E-state index contributed by atoms with van der Waals surface area (Å²) in [6, 6.07) is 41.2. The summed E-state index contributed by atoms with van der Waals surface area (Å²) in [6.45, 7) is 3.94. The van der Waals surface area contributed by atoms with Crippen molar-refractivity contribution in [2.45, 2.75) is 146 Å². The lowest BCUT2D eigenvalue weighted by atomic mass is 9.67. The Balaban J connectivity index is 0.766. The summed E-state index contributed by atoms with van der Waals surface area (Å²) in [5, 5.41) is 28.4. The van der Waals surface area contributed by atoms with E-state index in [9.17, 15) is 29.7 Å². The Kier molecular flexibility index (Phi) is 23.5. The zero-order valence-corrected chi connectivity index (χ0v) is 62.0. The molecular formula is C83H90Cl2N8O12. The van der Waals surface area contributed by atoms with Crippen molar-refractivity contribution in [1.29, 1.82) is 10.5 Å². The summed E-state index contributed by atoms with van der Waals surface area (Å²) in [5.41, 5.74) is 1.01. The predicted molar refractivity (Wildman–Crippen MR) is 407 cm³/mol. The van der Waals surface area contributed by atoms with Crippen LogP contribution in [0.4, 0.5) is 11.4 Å². The van der Waals surface area contributed by atoms with Crippen LogP contribution < -0.4 is 60.0 Å². The van der Waals surface area contributed by atoms with E-state index in [4.69, 9.17) is 51.6 Å². The van der Waals surface area contributed by atoms with Gasteiger partial charge in [-0.05, 0) is 206 Å². The maximum Gasteiger partial charge on any atom is 0.267 e. The van der Waals surface area contributed by atoms with Gasteiger partial charge in [-0.1, -0.05) is 77.8 Å². The Morgan fingerprint density at radius 1 is 0.543 bits per heavy atom. The molecule has 105 heavy (non-hydrogen) atoms. The van der Waals surface area contributed by atoms with Crippen LogP contribution in [0, 0.1) is 34.5 Å². The molecule has 0 aliphatic heterocycles. The van der Waals surface area contributed by atoms with Gasteiger partial charge in [0.2, 0.25) is 11.8 Å². The number of hydrogen-bond acceptors (Lipinski definition) is 14. The minimum Gasteiger partial charge on any atom is -0.493 e. The largest absolute Gasteiger partial charge is 0.493 e. The molecule has 4 aliphatic rings. The summed E-state index contributed by atoms with van der Waals surface area (Å²) in [7, 11) is 6.34. The first-order valence-corrected chi connectivity index (χ1v) is 37.5. The molecule has 0 saturated heterocycles. The zero-order chi connectivity index (χ0) is 74.1. The molecule has 20 nitrogen and oxygen atoms in total. The summed E-state index contributed by atoms with van der Waals surface area (Å²) in [4.78, 5) is 90.7. The number of nitriles is 2. The van der Waals surface area contributed by atoms with E-state index in [1.807, 2.05) is 55.5 Å². The van der Waals surface area contributed by atoms with Crippen LogP contribution in [-0.2, 0) is 34.5 Å². The predicted octanol–water partition coefficient (Wildman–Crippen LogP) is 15.0. The van der Waals surface area contributed by atoms with Crippen LogP contribution in [0.3, 0.4) is 0 Å². The molecule has 2 aromatic heterocycles. The number of amides is 4. The third-order valence-electron chi connectivity index (χ3n) is 21.9. The summed E-state index contributed by atoms with van der Waals surface area (Å²) in [5.74, 6) is 0.0598. The number of nitrogens with zero attached hydrogens (tertiary/aromatic N) is 6. The van der Waals surface area contributed by atoms with Crippen molar-refractivity contribution in [3.05, 3.63) is 174 Å². The van der Waals surface area contributed by atoms with Gasteiger partial charge >= 0.3 is 0 Å². The van der Waals surface area contributed by atoms with Gasteiger partial charge in [0, 0.05) is 62.5 Å². The summed E-state index contributed by atoms with van der Waals surface area (Å²) < 4.78 is 39.9. The Hall–Kier alpha value is -10.0. The number of ether oxygens (including phenoxy) is 6. The van der Waals surface area contributed by atoms with E-state index < -0.39 is 33.8 Å².